The van der Waals surface area contributed by atoms with Gasteiger partial charge in [0.25, 0.3) is 0 Å². The third-order valence-corrected chi connectivity index (χ3v) is 2.65. The number of aromatic nitrogens is 4. The summed E-state index contributed by atoms with van der Waals surface area (Å²) in [6, 6.07) is 11.4. The van der Waals surface area contributed by atoms with Crippen LogP contribution in [0.3, 0.4) is 0 Å². The van der Waals surface area contributed by atoms with Gasteiger partial charge in [-0.3, -0.25) is 0 Å². The first-order valence-corrected chi connectivity index (χ1v) is 5.40. The van der Waals surface area contributed by atoms with Crippen LogP contribution < -0.4 is 10.5 Å². The van der Waals surface area contributed by atoms with E-state index in [1.165, 1.54) is 4.52 Å². The third kappa shape index (κ3) is 1.64. The number of fused-ring (bicyclic) bond motifs is 1. The highest BCUT2D eigenvalue weighted by molar-refractivity contribution is 5.62. The quantitative estimate of drug-likeness (QED) is 0.733. The maximum Gasteiger partial charge on any atom is 0.243 e. The van der Waals surface area contributed by atoms with Gasteiger partial charge in [0.2, 0.25) is 5.95 Å². The van der Waals surface area contributed by atoms with Gasteiger partial charge in [0.05, 0.1) is 12.8 Å². The number of hydrogen-bond donors (Lipinski definition) is 1. The van der Waals surface area contributed by atoms with Crippen molar-refractivity contribution in [3.63, 3.8) is 0 Å². The van der Waals surface area contributed by atoms with E-state index in [-0.39, 0.29) is 5.95 Å². The van der Waals surface area contributed by atoms with Crippen LogP contribution in [0.1, 0.15) is 0 Å². The molecule has 0 radical (unpaired) electrons. The molecule has 3 aromatic rings. The standard InChI is InChI=1S/C12H11N5O/c1-18-9-4-2-3-8(7-9)10-5-6-11-14-15-12(13)17(11)16-10/h2-7H,1H3,(H2,13,15). The minimum atomic E-state index is 0.273. The fourth-order valence-corrected chi connectivity index (χ4v) is 1.74. The molecule has 0 saturated heterocycles. The van der Waals surface area contributed by atoms with Crippen molar-refractivity contribution in [1.82, 2.24) is 19.8 Å². The van der Waals surface area contributed by atoms with Crippen molar-refractivity contribution in [3.05, 3.63) is 36.4 Å². The number of nitrogen functional groups attached to an aromatic ring is 1. The van der Waals surface area contributed by atoms with E-state index in [0.717, 1.165) is 17.0 Å². The molecule has 3 rings (SSSR count). The van der Waals surface area contributed by atoms with Crippen molar-refractivity contribution in [2.75, 3.05) is 12.8 Å². The zero-order chi connectivity index (χ0) is 12.5. The van der Waals surface area contributed by atoms with E-state index in [1.54, 1.807) is 7.11 Å². The molecule has 0 aliphatic heterocycles. The Morgan fingerprint density at radius 3 is 2.89 bits per heavy atom. The smallest absolute Gasteiger partial charge is 0.243 e. The normalized spacial score (nSPS) is 10.7. The summed E-state index contributed by atoms with van der Waals surface area (Å²) < 4.78 is 6.70. The predicted molar refractivity (Wildman–Crippen MR) is 67.2 cm³/mol. The van der Waals surface area contributed by atoms with Crippen LogP contribution in [0, 0.1) is 0 Å². The zero-order valence-corrected chi connectivity index (χ0v) is 9.74. The molecule has 0 fully saturated rings. The van der Waals surface area contributed by atoms with Gasteiger partial charge in [-0.05, 0) is 24.3 Å². The Morgan fingerprint density at radius 2 is 2.06 bits per heavy atom. The average Bonchev–Trinajstić information content (AvgIpc) is 2.80. The highest BCUT2D eigenvalue weighted by atomic mass is 16.5. The Morgan fingerprint density at radius 1 is 1.17 bits per heavy atom. The van der Waals surface area contributed by atoms with Gasteiger partial charge < -0.3 is 10.5 Å². The van der Waals surface area contributed by atoms with Gasteiger partial charge in [-0.2, -0.15) is 9.61 Å². The van der Waals surface area contributed by atoms with Gasteiger partial charge in [0, 0.05) is 5.56 Å². The number of nitrogens with zero attached hydrogens (tertiary/aromatic N) is 4. The topological polar surface area (TPSA) is 78.3 Å². The molecule has 6 heteroatoms. The summed E-state index contributed by atoms with van der Waals surface area (Å²) >= 11 is 0. The van der Waals surface area contributed by atoms with Crippen LogP contribution in [0.5, 0.6) is 5.75 Å². The van der Waals surface area contributed by atoms with Crippen LogP contribution >= 0.6 is 0 Å². The number of benzene rings is 1. The number of rotatable bonds is 2. The van der Waals surface area contributed by atoms with Crippen molar-refractivity contribution in [3.8, 4) is 17.0 Å². The summed E-state index contributed by atoms with van der Waals surface area (Å²) in [5.41, 5.74) is 8.04. The van der Waals surface area contributed by atoms with Crippen molar-refractivity contribution >= 4 is 11.6 Å². The van der Waals surface area contributed by atoms with Crippen molar-refractivity contribution < 1.29 is 4.74 Å². The minimum Gasteiger partial charge on any atom is -0.497 e. The highest BCUT2D eigenvalue weighted by Gasteiger charge is 2.06. The Balaban J connectivity index is 2.15. The fraction of sp³-hybridized carbons (Fsp3) is 0.0833. The molecule has 0 saturated carbocycles. The lowest BCUT2D eigenvalue weighted by molar-refractivity contribution is 0.415. The molecule has 18 heavy (non-hydrogen) atoms. The average molecular weight is 241 g/mol. The first kappa shape index (κ1) is 10.5. The van der Waals surface area contributed by atoms with Crippen LogP contribution in [0.2, 0.25) is 0 Å². The second-order valence-corrected chi connectivity index (χ2v) is 3.78. The molecule has 0 bridgehead atoms. The molecular weight excluding hydrogens is 230 g/mol. The summed E-state index contributed by atoms with van der Waals surface area (Å²) in [6.45, 7) is 0. The minimum absolute atomic E-state index is 0.273. The largest absolute Gasteiger partial charge is 0.497 e. The van der Waals surface area contributed by atoms with Crippen LogP contribution in [-0.2, 0) is 0 Å². The SMILES string of the molecule is COc1cccc(-c2ccc3nnc(N)n3n2)c1. The van der Waals surface area contributed by atoms with Crippen molar-refractivity contribution in [1.29, 1.82) is 0 Å². The maximum absolute atomic E-state index is 5.68. The summed E-state index contributed by atoms with van der Waals surface area (Å²) in [5.74, 6) is 1.06. The molecule has 0 amide bonds. The Kier molecular flexibility index (Phi) is 2.33. The van der Waals surface area contributed by atoms with Crippen LogP contribution in [0.15, 0.2) is 36.4 Å². The Labute approximate surface area is 103 Å². The van der Waals surface area contributed by atoms with E-state index >= 15 is 0 Å². The lowest BCUT2D eigenvalue weighted by atomic mass is 10.1. The molecule has 90 valence electrons. The molecule has 2 aromatic heterocycles. The number of methoxy groups -OCH3 is 1. The molecule has 2 N–H and O–H groups in total. The van der Waals surface area contributed by atoms with E-state index < -0.39 is 0 Å². The molecule has 1 aromatic carbocycles. The lowest BCUT2D eigenvalue weighted by Gasteiger charge is -2.04. The summed E-state index contributed by atoms with van der Waals surface area (Å²) in [5, 5.41) is 12.0. The summed E-state index contributed by atoms with van der Waals surface area (Å²) in [7, 11) is 1.63. The molecule has 0 unspecified atom stereocenters. The molecular formula is C12H11N5O. The van der Waals surface area contributed by atoms with Crippen molar-refractivity contribution in [2.45, 2.75) is 0 Å². The molecule has 0 spiro atoms. The van der Waals surface area contributed by atoms with Crippen LogP contribution in [0.25, 0.3) is 16.9 Å². The molecule has 0 aliphatic carbocycles. The molecule has 2 heterocycles. The summed E-state index contributed by atoms with van der Waals surface area (Å²) in [6.07, 6.45) is 0. The van der Waals surface area contributed by atoms with Gasteiger partial charge >= 0.3 is 0 Å². The first-order valence-electron chi connectivity index (χ1n) is 5.40. The third-order valence-electron chi connectivity index (χ3n) is 2.65. The summed E-state index contributed by atoms with van der Waals surface area (Å²) in [4.78, 5) is 0. The highest BCUT2D eigenvalue weighted by Crippen LogP contribution is 2.22. The Bertz CT molecular complexity index is 707. The second-order valence-electron chi connectivity index (χ2n) is 3.78. The van der Waals surface area contributed by atoms with Crippen LogP contribution in [-0.4, -0.2) is 26.9 Å². The van der Waals surface area contributed by atoms with Gasteiger partial charge in [0.15, 0.2) is 5.65 Å². The van der Waals surface area contributed by atoms with E-state index in [1.807, 2.05) is 36.4 Å². The number of nitrogens with two attached hydrogens (primary N) is 1. The number of hydrogen-bond acceptors (Lipinski definition) is 5. The van der Waals surface area contributed by atoms with Crippen LogP contribution in [0.4, 0.5) is 5.95 Å². The predicted octanol–water partition coefficient (Wildman–Crippen LogP) is 1.38. The van der Waals surface area contributed by atoms with E-state index in [2.05, 4.69) is 15.3 Å². The molecule has 0 aliphatic rings. The van der Waals surface area contributed by atoms with E-state index in [9.17, 15) is 0 Å². The van der Waals surface area contributed by atoms with E-state index in [4.69, 9.17) is 10.5 Å². The maximum atomic E-state index is 5.68. The Hall–Kier alpha value is -2.63. The van der Waals surface area contributed by atoms with Gasteiger partial charge in [-0.15, -0.1) is 10.2 Å². The van der Waals surface area contributed by atoms with Gasteiger partial charge in [0.1, 0.15) is 5.75 Å². The first-order chi connectivity index (χ1) is 8.78. The monoisotopic (exact) mass is 241 g/mol. The zero-order valence-electron chi connectivity index (χ0n) is 9.74. The number of anilines is 1. The lowest BCUT2D eigenvalue weighted by Crippen LogP contribution is -1.99. The second kappa shape index (κ2) is 3.99. The van der Waals surface area contributed by atoms with Crippen molar-refractivity contribution in [2.24, 2.45) is 0 Å². The fourth-order valence-electron chi connectivity index (χ4n) is 1.74. The molecule has 0 atom stereocenters. The molecule has 6 nitrogen and oxygen atoms in total. The number of ether oxygens (including phenoxy) is 1. The van der Waals surface area contributed by atoms with E-state index in [0.29, 0.717) is 5.65 Å². The van der Waals surface area contributed by atoms with Gasteiger partial charge in [-0.1, -0.05) is 12.1 Å². The van der Waals surface area contributed by atoms with Gasteiger partial charge in [-0.25, -0.2) is 0 Å².